The van der Waals surface area contributed by atoms with Crippen molar-refractivity contribution in [2.75, 3.05) is 0 Å². The van der Waals surface area contributed by atoms with E-state index in [2.05, 4.69) is 0 Å². The molecular weight excluding hydrogens is 297 g/mol. The van der Waals surface area contributed by atoms with E-state index in [0.29, 0.717) is 22.9 Å². The van der Waals surface area contributed by atoms with Crippen molar-refractivity contribution in [3.05, 3.63) is 33.8 Å². The molecule has 1 aromatic rings. The average Bonchev–Trinajstić information content (AvgIpc) is 1.98. The fourth-order valence-corrected chi connectivity index (χ4v) is 2.80. The van der Waals surface area contributed by atoms with Gasteiger partial charge in [0.25, 0.3) is 0 Å². The average molecular weight is 306 g/mol. The van der Waals surface area contributed by atoms with E-state index in [9.17, 15) is 0 Å². The summed E-state index contributed by atoms with van der Waals surface area (Å²) in [4.78, 5) is -0.442. The zero-order chi connectivity index (χ0) is 11.4. The zero-order valence-electron chi connectivity index (χ0n) is 7.69. The zero-order valence-corrected chi connectivity index (χ0v) is 11.5. The van der Waals surface area contributed by atoms with Gasteiger partial charge in [0.2, 0.25) is 0 Å². The molecule has 0 aliphatic carbocycles. The Balaban J connectivity index is 2.63. The number of alkyl halides is 3. The summed E-state index contributed by atoms with van der Waals surface area (Å²) in [6, 6.07) is 5.35. The summed E-state index contributed by atoms with van der Waals surface area (Å²) in [6.07, 6.45) is 1.19. The van der Waals surface area contributed by atoms with Crippen LogP contribution in [0.5, 0.6) is 0 Å². The topological polar surface area (TPSA) is 0 Å². The third-order valence-electron chi connectivity index (χ3n) is 1.81. The lowest BCUT2D eigenvalue weighted by Gasteiger charge is -2.10. The number of hydrogen-bond donors (Lipinski definition) is 0. The highest BCUT2D eigenvalue weighted by Crippen LogP contribution is 2.23. The Morgan fingerprint density at radius 3 is 1.93 bits per heavy atom. The van der Waals surface area contributed by atoms with E-state index < -0.39 is 4.84 Å². The number of halogens is 5. The molecule has 0 heterocycles. The van der Waals surface area contributed by atoms with E-state index in [1.165, 1.54) is 0 Å². The summed E-state index contributed by atoms with van der Waals surface area (Å²) < 4.78 is 0. The highest BCUT2D eigenvalue weighted by molar-refractivity contribution is 6.44. The molecule has 0 aliphatic heterocycles. The van der Waals surface area contributed by atoms with E-state index >= 15 is 0 Å². The molecule has 1 atom stereocenters. The van der Waals surface area contributed by atoms with Crippen molar-refractivity contribution in [3.8, 4) is 0 Å². The number of hydrogen-bond acceptors (Lipinski definition) is 0. The molecule has 1 rings (SSSR count). The molecular formula is C10H9Cl5. The van der Waals surface area contributed by atoms with Crippen LogP contribution in [0.15, 0.2) is 18.2 Å². The lowest BCUT2D eigenvalue weighted by Crippen LogP contribution is -2.07. The second-order valence-electron chi connectivity index (χ2n) is 3.21. The lowest BCUT2D eigenvalue weighted by molar-refractivity contribution is 0.788. The van der Waals surface area contributed by atoms with Crippen LogP contribution in [0.2, 0.25) is 10.0 Å². The van der Waals surface area contributed by atoms with Gasteiger partial charge in [-0.05, 0) is 36.6 Å². The summed E-state index contributed by atoms with van der Waals surface area (Å²) in [7, 11) is 0. The van der Waals surface area contributed by atoms with Crippen LogP contribution >= 0.6 is 58.0 Å². The Hall–Kier alpha value is 0.670. The molecule has 0 bridgehead atoms. The molecule has 15 heavy (non-hydrogen) atoms. The van der Waals surface area contributed by atoms with Crippen molar-refractivity contribution in [2.24, 2.45) is 0 Å². The Kier molecular flexibility index (Phi) is 5.87. The first-order valence-electron chi connectivity index (χ1n) is 4.34. The molecule has 0 saturated carbocycles. The Morgan fingerprint density at radius 2 is 1.47 bits per heavy atom. The molecule has 0 amide bonds. The fraction of sp³-hybridized carbons (Fsp3) is 0.400. The summed E-state index contributed by atoms with van der Waals surface area (Å²) >= 11 is 29.0. The highest BCUT2D eigenvalue weighted by Gasteiger charge is 2.11. The standard InChI is InChI=1S/C10H9Cl5/c11-7-1-6(2-8(12)4-7)3-9(13)5-10(14)15/h1-2,4,9-10H,3,5H2. The maximum absolute atomic E-state index is 6.06. The maximum Gasteiger partial charge on any atom is 0.109 e. The smallest absolute Gasteiger partial charge is 0.109 e. The number of benzene rings is 1. The molecule has 5 heteroatoms. The first-order valence-corrected chi connectivity index (χ1v) is 6.41. The van der Waals surface area contributed by atoms with Crippen molar-refractivity contribution >= 4 is 58.0 Å². The van der Waals surface area contributed by atoms with Gasteiger partial charge >= 0.3 is 0 Å². The first-order chi connectivity index (χ1) is 6.97. The van der Waals surface area contributed by atoms with E-state index in [1.54, 1.807) is 6.07 Å². The van der Waals surface area contributed by atoms with Crippen LogP contribution < -0.4 is 0 Å². The van der Waals surface area contributed by atoms with Gasteiger partial charge in [-0.3, -0.25) is 0 Å². The van der Waals surface area contributed by atoms with Crippen molar-refractivity contribution in [1.29, 1.82) is 0 Å². The molecule has 0 fully saturated rings. The monoisotopic (exact) mass is 304 g/mol. The molecule has 0 N–H and O–H groups in total. The summed E-state index contributed by atoms with van der Waals surface area (Å²) in [5.41, 5.74) is 0.987. The van der Waals surface area contributed by atoms with Gasteiger partial charge in [-0.2, -0.15) is 0 Å². The maximum atomic E-state index is 6.06. The molecule has 0 aromatic heterocycles. The third-order valence-corrected chi connectivity index (χ3v) is 2.94. The Morgan fingerprint density at radius 1 is 0.933 bits per heavy atom. The van der Waals surface area contributed by atoms with Crippen molar-refractivity contribution in [3.63, 3.8) is 0 Å². The molecule has 84 valence electrons. The SMILES string of the molecule is Clc1cc(Cl)cc(CC(Cl)CC(Cl)Cl)c1. The molecule has 0 radical (unpaired) electrons. The van der Waals surface area contributed by atoms with E-state index in [-0.39, 0.29) is 5.38 Å². The van der Waals surface area contributed by atoms with Crippen LogP contribution in [0.4, 0.5) is 0 Å². The summed E-state index contributed by atoms with van der Waals surface area (Å²) in [5.74, 6) is 0. The van der Waals surface area contributed by atoms with Crippen LogP contribution in [0.1, 0.15) is 12.0 Å². The van der Waals surface area contributed by atoms with Crippen molar-refractivity contribution in [2.45, 2.75) is 23.1 Å². The predicted octanol–water partition coefficient (Wildman–Crippen LogP) is 5.34. The molecule has 1 unspecified atom stereocenters. The minimum atomic E-state index is -0.442. The van der Waals surface area contributed by atoms with Gasteiger partial charge in [-0.15, -0.1) is 34.8 Å². The van der Waals surface area contributed by atoms with Crippen LogP contribution in [-0.4, -0.2) is 10.2 Å². The Bertz CT molecular complexity index is 303. The number of rotatable bonds is 4. The molecule has 0 aliphatic rings. The first kappa shape index (κ1) is 13.7. The van der Waals surface area contributed by atoms with Gasteiger partial charge in [0.1, 0.15) is 4.84 Å². The van der Waals surface area contributed by atoms with Gasteiger partial charge in [0, 0.05) is 15.4 Å². The highest BCUT2D eigenvalue weighted by atomic mass is 35.5. The van der Waals surface area contributed by atoms with Crippen LogP contribution in [0.25, 0.3) is 0 Å². The van der Waals surface area contributed by atoms with Crippen LogP contribution in [0, 0.1) is 0 Å². The molecule has 0 nitrogen and oxygen atoms in total. The van der Waals surface area contributed by atoms with Gasteiger partial charge < -0.3 is 0 Å². The molecule has 0 spiro atoms. The quantitative estimate of drug-likeness (QED) is 0.659. The van der Waals surface area contributed by atoms with E-state index in [0.717, 1.165) is 5.56 Å². The fourth-order valence-electron chi connectivity index (χ4n) is 1.26. The third kappa shape index (κ3) is 5.51. The van der Waals surface area contributed by atoms with Crippen molar-refractivity contribution < 1.29 is 0 Å². The van der Waals surface area contributed by atoms with E-state index in [4.69, 9.17) is 58.0 Å². The van der Waals surface area contributed by atoms with Crippen LogP contribution in [0.3, 0.4) is 0 Å². The minimum Gasteiger partial charge on any atom is -0.123 e. The lowest BCUT2D eigenvalue weighted by atomic mass is 10.1. The second kappa shape index (κ2) is 6.42. The van der Waals surface area contributed by atoms with E-state index in [1.807, 2.05) is 12.1 Å². The predicted molar refractivity (Wildman–Crippen MR) is 69.9 cm³/mol. The molecule has 1 aromatic carbocycles. The largest absolute Gasteiger partial charge is 0.123 e. The Labute approximate surface area is 114 Å². The molecule has 0 saturated heterocycles. The van der Waals surface area contributed by atoms with Crippen molar-refractivity contribution in [1.82, 2.24) is 0 Å². The van der Waals surface area contributed by atoms with Crippen LogP contribution in [-0.2, 0) is 6.42 Å². The van der Waals surface area contributed by atoms with Gasteiger partial charge in [-0.1, -0.05) is 23.2 Å². The van der Waals surface area contributed by atoms with Gasteiger partial charge in [0.05, 0.1) is 0 Å². The van der Waals surface area contributed by atoms with Gasteiger partial charge in [0.15, 0.2) is 0 Å². The normalized spacial score (nSPS) is 13.2. The van der Waals surface area contributed by atoms with Gasteiger partial charge in [-0.25, -0.2) is 0 Å². The minimum absolute atomic E-state index is 0.112. The second-order valence-corrected chi connectivity index (χ2v) is 5.97. The summed E-state index contributed by atoms with van der Waals surface area (Å²) in [5, 5.41) is 1.10. The summed E-state index contributed by atoms with van der Waals surface area (Å²) in [6.45, 7) is 0.